The standard InChI is InChI=1S/C21H30F2N4O2.HI/c1-5-24-19(26-17-11-14(17)18-15(22)7-6-8-16(18)23)27-10-9-13(12-27)25-20(28)29-21(2,3)4;/h6-8,13-14,17H,5,9-12H2,1-4H3,(H,24,26)(H,25,28);1H. The Labute approximate surface area is 193 Å². The number of benzene rings is 1. The Balaban J connectivity index is 0.00000320. The summed E-state index contributed by atoms with van der Waals surface area (Å²) in [6, 6.07) is 3.88. The van der Waals surface area contributed by atoms with Crippen molar-refractivity contribution in [2.24, 2.45) is 4.99 Å². The number of guanidine groups is 1. The van der Waals surface area contributed by atoms with Gasteiger partial charge < -0.3 is 20.3 Å². The first kappa shape index (κ1) is 24.6. The molecule has 1 aliphatic heterocycles. The molecule has 3 rings (SSSR count). The number of alkyl carbamates (subject to hydrolysis) is 1. The summed E-state index contributed by atoms with van der Waals surface area (Å²) in [5, 5.41) is 6.24. The van der Waals surface area contributed by atoms with Gasteiger partial charge in [-0.1, -0.05) is 6.07 Å². The molecule has 30 heavy (non-hydrogen) atoms. The van der Waals surface area contributed by atoms with E-state index in [2.05, 4.69) is 20.5 Å². The predicted molar refractivity (Wildman–Crippen MR) is 123 cm³/mol. The molecule has 0 spiro atoms. The van der Waals surface area contributed by atoms with Crippen molar-refractivity contribution in [3.05, 3.63) is 35.4 Å². The highest BCUT2D eigenvalue weighted by Gasteiger charge is 2.43. The number of carbonyl (C=O) groups excluding carboxylic acids is 1. The second-order valence-electron chi connectivity index (χ2n) is 8.60. The van der Waals surface area contributed by atoms with Crippen LogP contribution >= 0.6 is 24.0 Å². The molecule has 1 aromatic rings. The quantitative estimate of drug-likeness (QED) is 0.347. The largest absolute Gasteiger partial charge is 0.444 e. The van der Waals surface area contributed by atoms with Gasteiger partial charge in [-0.15, -0.1) is 24.0 Å². The van der Waals surface area contributed by atoms with Crippen molar-refractivity contribution in [2.75, 3.05) is 19.6 Å². The Bertz CT molecular complexity index is 765. The molecule has 1 heterocycles. The number of amides is 1. The molecule has 3 unspecified atom stereocenters. The Morgan fingerprint density at radius 3 is 2.53 bits per heavy atom. The molecule has 2 aliphatic rings. The van der Waals surface area contributed by atoms with Crippen LogP contribution in [0.2, 0.25) is 0 Å². The van der Waals surface area contributed by atoms with Crippen LogP contribution in [0.3, 0.4) is 0 Å². The van der Waals surface area contributed by atoms with Crippen LogP contribution in [-0.2, 0) is 4.74 Å². The first-order valence-corrected chi connectivity index (χ1v) is 10.2. The minimum Gasteiger partial charge on any atom is -0.444 e. The van der Waals surface area contributed by atoms with E-state index in [9.17, 15) is 13.6 Å². The Kier molecular flexibility index (Phi) is 8.29. The lowest BCUT2D eigenvalue weighted by Gasteiger charge is -2.24. The molecule has 0 radical (unpaired) electrons. The molecule has 1 saturated carbocycles. The van der Waals surface area contributed by atoms with Gasteiger partial charge in [0.2, 0.25) is 0 Å². The smallest absolute Gasteiger partial charge is 0.407 e. The van der Waals surface area contributed by atoms with E-state index in [1.54, 1.807) is 0 Å². The lowest BCUT2D eigenvalue weighted by Crippen LogP contribution is -2.45. The van der Waals surface area contributed by atoms with E-state index in [-0.39, 0.29) is 47.5 Å². The first-order chi connectivity index (χ1) is 13.7. The van der Waals surface area contributed by atoms with Crippen molar-refractivity contribution in [2.45, 2.75) is 64.1 Å². The second kappa shape index (κ2) is 10.1. The van der Waals surface area contributed by atoms with Gasteiger partial charge in [-0.05, 0) is 52.7 Å². The Morgan fingerprint density at radius 2 is 1.93 bits per heavy atom. The molecule has 1 aliphatic carbocycles. The fraction of sp³-hybridized carbons (Fsp3) is 0.619. The zero-order chi connectivity index (χ0) is 21.2. The van der Waals surface area contributed by atoms with Crippen LogP contribution in [0.25, 0.3) is 0 Å². The number of aliphatic imine (C=N–C) groups is 1. The van der Waals surface area contributed by atoms with Crippen molar-refractivity contribution in [3.63, 3.8) is 0 Å². The summed E-state index contributed by atoms with van der Waals surface area (Å²) < 4.78 is 33.4. The maximum Gasteiger partial charge on any atom is 0.407 e. The molecule has 1 amide bonds. The number of likely N-dealkylation sites (tertiary alicyclic amines) is 1. The molecule has 168 valence electrons. The van der Waals surface area contributed by atoms with Gasteiger partial charge in [-0.3, -0.25) is 4.99 Å². The van der Waals surface area contributed by atoms with E-state index >= 15 is 0 Å². The Morgan fingerprint density at radius 1 is 1.27 bits per heavy atom. The normalized spacial score (nSPS) is 23.6. The third-order valence-electron chi connectivity index (χ3n) is 4.99. The highest BCUT2D eigenvalue weighted by atomic mass is 127. The molecular formula is C21H31F2IN4O2. The summed E-state index contributed by atoms with van der Waals surface area (Å²) in [4.78, 5) is 18.6. The van der Waals surface area contributed by atoms with Crippen LogP contribution in [0.5, 0.6) is 0 Å². The molecule has 2 fully saturated rings. The maximum atomic E-state index is 14.0. The Hall–Kier alpha value is -1.65. The van der Waals surface area contributed by atoms with Crippen molar-refractivity contribution in [1.82, 2.24) is 15.5 Å². The van der Waals surface area contributed by atoms with Crippen LogP contribution in [-0.4, -0.2) is 54.3 Å². The number of hydrogen-bond acceptors (Lipinski definition) is 3. The average Bonchev–Trinajstić information content (AvgIpc) is 3.18. The monoisotopic (exact) mass is 536 g/mol. The number of nitrogens with one attached hydrogen (secondary N) is 2. The molecule has 1 saturated heterocycles. The molecule has 6 nitrogen and oxygen atoms in total. The topological polar surface area (TPSA) is 66.0 Å². The van der Waals surface area contributed by atoms with Gasteiger partial charge >= 0.3 is 6.09 Å². The maximum absolute atomic E-state index is 14.0. The molecule has 0 bridgehead atoms. The van der Waals surface area contributed by atoms with Gasteiger partial charge in [-0.2, -0.15) is 0 Å². The molecule has 9 heteroatoms. The molecule has 0 aromatic heterocycles. The fourth-order valence-corrected chi connectivity index (χ4v) is 3.64. The van der Waals surface area contributed by atoms with E-state index in [1.807, 2.05) is 27.7 Å². The number of nitrogens with zero attached hydrogens (tertiary/aromatic N) is 2. The summed E-state index contributed by atoms with van der Waals surface area (Å²) in [5.41, 5.74) is -0.395. The number of halogens is 3. The van der Waals surface area contributed by atoms with Crippen molar-refractivity contribution in [1.29, 1.82) is 0 Å². The zero-order valence-electron chi connectivity index (χ0n) is 17.9. The summed E-state index contributed by atoms with van der Waals surface area (Å²) in [7, 11) is 0. The number of ether oxygens (including phenoxy) is 1. The van der Waals surface area contributed by atoms with Crippen molar-refractivity contribution < 1.29 is 18.3 Å². The van der Waals surface area contributed by atoms with E-state index in [4.69, 9.17) is 4.74 Å². The van der Waals surface area contributed by atoms with Gasteiger partial charge in [-0.25, -0.2) is 13.6 Å². The van der Waals surface area contributed by atoms with Crippen LogP contribution in [0.1, 0.15) is 52.0 Å². The van der Waals surface area contributed by atoms with Crippen LogP contribution < -0.4 is 10.6 Å². The van der Waals surface area contributed by atoms with Gasteiger partial charge in [0.25, 0.3) is 0 Å². The van der Waals surface area contributed by atoms with Gasteiger partial charge in [0.05, 0.1) is 6.04 Å². The first-order valence-electron chi connectivity index (χ1n) is 10.2. The third-order valence-corrected chi connectivity index (χ3v) is 4.99. The van der Waals surface area contributed by atoms with Crippen molar-refractivity contribution in [3.8, 4) is 0 Å². The fourth-order valence-electron chi connectivity index (χ4n) is 3.64. The lowest BCUT2D eigenvalue weighted by molar-refractivity contribution is 0.0507. The van der Waals surface area contributed by atoms with Gasteiger partial charge in [0.1, 0.15) is 17.2 Å². The molecular weight excluding hydrogens is 505 g/mol. The van der Waals surface area contributed by atoms with Crippen LogP contribution in [0.4, 0.5) is 13.6 Å². The highest BCUT2D eigenvalue weighted by Crippen LogP contribution is 2.43. The molecule has 3 atom stereocenters. The van der Waals surface area contributed by atoms with Crippen LogP contribution in [0.15, 0.2) is 23.2 Å². The van der Waals surface area contributed by atoms with E-state index < -0.39 is 23.3 Å². The van der Waals surface area contributed by atoms with Crippen molar-refractivity contribution >= 4 is 36.0 Å². The zero-order valence-corrected chi connectivity index (χ0v) is 20.2. The van der Waals surface area contributed by atoms with Gasteiger partial charge in [0, 0.05) is 37.2 Å². The van der Waals surface area contributed by atoms with E-state index in [1.165, 1.54) is 18.2 Å². The van der Waals surface area contributed by atoms with Gasteiger partial charge in [0.15, 0.2) is 5.96 Å². The highest BCUT2D eigenvalue weighted by molar-refractivity contribution is 14.0. The molecule has 2 N–H and O–H groups in total. The van der Waals surface area contributed by atoms with E-state index in [0.717, 1.165) is 13.0 Å². The minimum absolute atomic E-state index is 0. The predicted octanol–water partition coefficient (Wildman–Crippen LogP) is 4.00. The minimum atomic E-state index is -0.540. The summed E-state index contributed by atoms with van der Waals surface area (Å²) in [5.74, 6) is -0.492. The van der Waals surface area contributed by atoms with E-state index in [0.29, 0.717) is 25.5 Å². The lowest BCUT2D eigenvalue weighted by atomic mass is 10.1. The SMILES string of the molecule is CCN=C(NC1CC1c1c(F)cccc1F)N1CCC(NC(=O)OC(C)(C)C)C1.I. The second-order valence-corrected chi connectivity index (χ2v) is 8.60. The molecule has 1 aromatic carbocycles. The summed E-state index contributed by atoms with van der Waals surface area (Å²) in [6.07, 6.45) is 1.01. The summed E-state index contributed by atoms with van der Waals surface area (Å²) >= 11 is 0. The number of hydrogen-bond donors (Lipinski definition) is 2. The number of carbonyl (C=O) groups is 1. The summed E-state index contributed by atoms with van der Waals surface area (Å²) in [6.45, 7) is 9.35. The average molecular weight is 536 g/mol. The number of rotatable bonds is 4. The third kappa shape index (κ3) is 6.42. The van der Waals surface area contributed by atoms with Crippen LogP contribution in [0, 0.1) is 11.6 Å².